The van der Waals surface area contributed by atoms with Gasteiger partial charge in [-0.15, -0.1) is 0 Å². The largest absolute Gasteiger partial charge is 0.398 e. The fraction of sp³-hybridized carbons (Fsp3) is 0.375. The van der Waals surface area contributed by atoms with E-state index in [9.17, 15) is 4.79 Å². The van der Waals surface area contributed by atoms with Gasteiger partial charge in [-0.1, -0.05) is 0 Å². The predicted octanol–water partition coefficient (Wildman–Crippen LogP) is 1.84. The number of nitrogens with one attached hydrogen (secondary N) is 1. The zero-order valence-corrected chi connectivity index (χ0v) is 12.6. The maximum atomic E-state index is 12.2. The maximum Gasteiger partial charge on any atom is 0.245 e. The van der Waals surface area contributed by atoms with E-state index in [4.69, 9.17) is 5.73 Å². The SMILES string of the molecule is Cc1cc2c(N3CCNC(=O)C3(C)C)ccc(N)c2cn1. The molecule has 3 rings (SSSR count). The summed E-state index contributed by atoms with van der Waals surface area (Å²) in [5, 5.41) is 4.90. The van der Waals surface area contributed by atoms with Gasteiger partial charge in [-0.25, -0.2) is 0 Å². The summed E-state index contributed by atoms with van der Waals surface area (Å²) in [6.07, 6.45) is 1.81. The number of amides is 1. The average molecular weight is 284 g/mol. The number of benzene rings is 1. The van der Waals surface area contributed by atoms with Crippen molar-refractivity contribution in [1.29, 1.82) is 0 Å². The van der Waals surface area contributed by atoms with Crippen molar-refractivity contribution in [1.82, 2.24) is 10.3 Å². The van der Waals surface area contributed by atoms with Gasteiger partial charge < -0.3 is 16.0 Å². The summed E-state index contributed by atoms with van der Waals surface area (Å²) in [4.78, 5) is 18.7. The lowest BCUT2D eigenvalue weighted by atomic mass is 9.96. The van der Waals surface area contributed by atoms with Crippen LogP contribution in [0.1, 0.15) is 19.5 Å². The summed E-state index contributed by atoms with van der Waals surface area (Å²) in [6.45, 7) is 7.27. The number of fused-ring (bicyclic) bond motifs is 1. The Labute approximate surface area is 124 Å². The molecule has 1 aliphatic heterocycles. The number of hydrogen-bond donors (Lipinski definition) is 2. The van der Waals surface area contributed by atoms with Crippen molar-refractivity contribution in [2.24, 2.45) is 0 Å². The molecule has 1 aromatic heterocycles. The van der Waals surface area contributed by atoms with Crippen LogP contribution in [0.4, 0.5) is 11.4 Å². The summed E-state index contributed by atoms with van der Waals surface area (Å²) < 4.78 is 0. The monoisotopic (exact) mass is 284 g/mol. The van der Waals surface area contributed by atoms with E-state index in [1.807, 2.05) is 39.0 Å². The molecule has 5 nitrogen and oxygen atoms in total. The predicted molar refractivity (Wildman–Crippen MR) is 85.3 cm³/mol. The lowest BCUT2D eigenvalue weighted by Crippen LogP contribution is -2.62. The zero-order chi connectivity index (χ0) is 15.2. The number of hydrogen-bond acceptors (Lipinski definition) is 4. The Morgan fingerprint density at radius 1 is 1.33 bits per heavy atom. The number of anilines is 2. The molecule has 0 aliphatic carbocycles. The summed E-state index contributed by atoms with van der Waals surface area (Å²) in [5.41, 5.74) is 8.16. The molecule has 2 aromatic rings. The fourth-order valence-electron chi connectivity index (χ4n) is 2.91. The quantitative estimate of drug-likeness (QED) is 0.784. The van der Waals surface area contributed by atoms with Crippen molar-refractivity contribution in [2.75, 3.05) is 23.7 Å². The van der Waals surface area contributed by atoms with Gasteiger partial charge in [0.15, 0.2) is 0 Å². The van der Waals surface area contributed by atoms with Crippen LogP contribution < -0.4 is 16.0 Å². The summed E-state index contributed by atoms with van der Waals surface area (Å²) in [5.74, 6) is 0.0458. The number of rotatable bonds is 1. The van der Waals surface area contributed by atoms with Gasteiger partial charge in [0.25, 0.3) is 0 Å². The lowest BCUT2D eigenvalue weighted by molar-refractivity contribution is -0.126. The molecule has 1 aromatic carbocycles. The van der Waals surface area contributed by atoms with Gasteiger partial charge in [-0.2, -0.15) is 0 Å². The zero-order valence-electron chi connectivity index (χ0n) is 12.6. The molecule has 0 radical (unpaired) electrons. The van der Waals surface area contributed by atoms with Gasteiger partial charge >= 0.3 is 0 Å². The van der Waals surface area contributed by atoms with Crippen LogP contribution in [0.2, 0.25) is 0 Å². The van der Waals surface area contributed by atoms with Gasteiger partial charge in [0.05, 0.1) is 0 Å². The highest BCUT2D eigenvalue weighted by Gasteiger charge is 2.38. The standard InChI is InChI=1S/C16H20N4O/c1-10-8-11-12(9-19-10)13(17)4-5-14(11)20-7-6-18-15(21)16(20,2)3/h4-5,8-9H,6-7,17H2,1-3H3,(H,18,21). The van der Waals surface area contributed by atoms with Gasteiger partial charge in [0, 0.05) is 47.1 Å². The first-order valence-corrected chi connectivity index (χ1v) is 7.12. The number of carbonyl (C=O) groups excluding carboxylic acids is 1. The number of nitrogen functional groups attached to an aromatic ring is 1. The van der Waals surface area contributed by atoms with Crippen LogP contribution in [-0.2, 0) is 4.79 Å². The van der Waals surface area contributed by atoms with Crippen molar-refractivity contribution in [3.8, 4) is 0 Å². The van der Waals surface area contributed by atoms with Crippen molar-refractivity contribution < 1.29 is 4.79 Å². The minimum Gasteiger partial charge on any atom is -0.398 e. The Morgan fingerprint density at radius 3 is 2.86 bits per heavy atom. The Bertz CT molecular complexity index is 724. The number of nitrogens with two attached hydrogens (primary N) is 1. The third-order valence-electron chi connectivity index (χ3n) is 4.19. The van der Waals surface area contributed by atoms with E-state index in [1.165, 1.54) is 0 Å². The van der Waals surface area contributed by atoms with Crippen LogP contribution in [0.5, 0.6) is 0 Å². The molecule has 1 aliphatic rings. The summed E-state index contributed by atoms with van der Waals surface area (Å²) in [6, 6.07) is 5.92. The molecular formula is C16H20N4O. The molecule has 5 heteroatoms. The number of aryl methyl sites for hydroxylation is 1. The molecule has 1 amide bonds. The van der Waals surface area contributed by atoms with E-state index < -0.39 is 5.54 Å². The van der Waals surface area contributed by atoms with E-state index >= 15 is 0 Å². The average Bonchev–Trinajstić information content (AvgIpc) is 2.43. The molecule has 0 saturated carbocycles. The van der Waals surface area contributed by atoms with Crippen molar-refractivity contribution >= 4 is 28.1 Å². The number of carbonyl (C=O) groups is 1. The van der Waals surface area contributed by atoms with E-state index in [0.717, 1.165) is 28.7 Å². The molecule has 0 atom stereocenters. The molecule has 0 bridgehead atoms. The summed E-state index contributed by atoms with van der Waals surface area (Å²) in [7, 11) is 0. The van der Waals surface area contributed by atoms with Crippen LogP contribution in [0.15, 0.2) is 24.4 Å². The molecule has 0 spiro atoms. The molecule has 110 valence electrons. The Hall–Kier alpha value is -2.30. The van der Waals surface area contributed by atoms with Gasteiger partial charge in [0.2, 0.25) is 5.91 Å². The van der Waals surface area contributed by atoms with Gasteiger partial charge in [-0.05, 0) is 39.0 Å². The minimum atomic E-state index is -0.585. The molecule has 1 saturated heterocycles. The second-order valence-corrected chi connectivity index (χ2v) is 6.01. The highest BCUT2D eigenvalue weighted by Crippen LogP contribution is 2.35. The first-order valence-electron chi connectivity index (χ1n) is 7.12. The lowest BCUT2D eigenvalue weighted by Gasteiger charge is -2.43. The van der Waals surface area contributed by atoms with E-state index in [2.05, 4.69) is 15.2 Å². The van der Waals surface area contributed by atoms with E-state index in [1.54, 1.807) is 6.20 Å². The smallest absolute Gasteiger partial charge is 0.245 e. The third kappa shape index (κ3) is 2.09. The highest BCUT2D eigenvalue weighted by atomic mass is 16.2. The molecular weight excluding hydrogens is 264 g/mol. The van der Waals surface area contributed by atoms with Crippen molar-refractivity contribution in [3.63, 3.8) is 0 Å². The third-order valence-corrected chi connectivity index (χ3v) is 4.19. The topological polar surface area (TPSA) is 71.2 Å². The number of piperazine rings is 1. The molecule has 0 unspecified atom stereocenters. The van der Waals surface area contributed by atoms with Gasteiger partial charge in [-0.3, -0.25) is 9.78 Å². The van der Waals surface area contributed by atoms with Crippen LogP contribution in [-0.4, -0.2) is 29.5 Å². The second-order valence-electron chi connectivity index (χ2n) is 6.01. The Morgan fingerprint density at radius 2 is 2.10 bits per heavy atom. The van der Waals surface area contributed by atoms with Crippen molar-refractivity contribution in [3.05, 3.63) is 30.1 Å². The maximum absolute atomic E-state index is 12.2. The van der Waals surface area contributed by atoms with Crippen LogP contribution in [0.25, 0.3) is 10.8 Å². The van der Waals surface area contributed by atoms with E-state index in [-0.39, 0.29) is 5.91 Å². The van der Waals surface area contributed by atoms with Gasteiger partial charge in [0.1, 0.15) is 5.54 Å². The number of pyridine rings is 1. The molecule has 21 heavy (non-hydrogen) atoms. The Balaban J connectivity index is 2.23. The number of nitrogens with zero attached hydrogens (tertiary/aromatic N) is 2. The summed E-state index contributed by atoms with van der Waals surface area (Å²) >= 11 is 0. The first kappa shape index (κ1) is 13.7. The Kier molecular flexibility index (Phi) is 3.01. The van der Waals surface area contributed by atoms with Crippen LogP contribution in [0.3, 0.4) is 0 Å². The highest BCUT2D eigenvalue weighted by molar-refractivity contribution is 6.03. The minimum absolute atomic E-state index is 0.0458. The van der Waals surface area contributed by atoms with Crippen LogP contribution >= 0.6 is 0 Å². The van der Waals surface area contributed by atoms with E-state index in [0.29, 0.717) is 12.2 Å². The molecule has 2 heterocycles. The fourth-order valence-corrected chi connectivity index (χ4v) is 2.91. The second kappa shape index (κ2) is 4.62. The van der Waals surface area contributed by atoms with Crippen LogP contribution in [0, 0.1) is 6.92 Å². The molecule has 3 N–H and O–H groups in total. The number of aromatic nitrogens is 1. The van der Waals surface area contributed by atoms with Crippen molar-refractivity contribution in [2.45, 2.75) is 26.3 Å². The molecule has 1 fully saturated rings. The normalized spacial score (nSPS) is 17.9. The first-order chi connectivity index (χ1) is 9.91.